The normalized spacial score (nSPS) is 11.0. The minimum atomic E-state index is -4.64. The summed E-state index contributed by atoms with van der Waals surface area (Å²) in [4.78, 5) is 9.84. The van der Waals surface area contributed by atoms with E-state index in [9.17, 15) is 22.5 Å². The molecule has 0 bridgehead atoms. The van der Waals surface area contributed by atoms with Crippen molar-refractivity contribution in [1.82, 2.24) is 10.6 Å². The SMILES string of the molecule is O=NCCNC(=S)NCc1ccc(F)cc1C(F)(F)F. The second-order valence-electron chi connectivity index (χ2n) is 3.76. The maximum Gasteiger partial charge on any atom is 0.416 e. The molecule has 0 saturated heterocycles. The zero-order valence-electron chi connectivity index (χ0n) is 10.1. The standard InChI is InChI=1S/C11H11F4N3OS/c12-8-2-1-7(9(5-8)11(13,14)15)6-17-10(20)16-3-4-18-19/h1-2,5H,3-4,6H2,(H2,16,17,20). The molecule has 0 atom stereocenters. The third kappa shape index (κ3) is 5.08. The highest BCUT2D eigenvalue weighted by atomic mass is 32.1. The summed E-state index contributed by atoms with van der Waals surface area (Å²) in [7, 11) is 0. The smallest absolute Gasteiger partial charge is 0.361 e. The number of nitrogens with one attached hydrogen (secondary N) is 2. The predicted molar refractivity (Wildman–Crippen MR) is 69.5 cm³/mol. The van der Waals surface area contributed by atoms with Crippen molar-refractivity contribution >= 4 is 17.3 Å². The maximum absolute atomic E-state index is 12.9. The number of rotatable bonds is 5. The summed E-state index contributed by atoms with van der Waals surface area (Å²) in [6.07, 6.45) is -4.64. The highest BCUT2D eigenvalue weighted by Crippen LogP contribution is 2.32. The van der Waals surface area contributed by atoms with Gasteiger partial charge in [0.2, 0.25) is 0 Å². The van der Waals surface area contributed by atoms with E-state index in [1.54, 1.807) is 0 Å². The minimum absolute atomic E-state index is 0.00777. The van der Waals surface area contributed by atoms with Crippen LogP contribution in [0.1, 0.15) is 11.1 Å². The number of thiocarbonyl (C=S) groups is 1. The predicted octanol–water partition coefficient (Wildman–Crippen LogP) is 2.58. The molecule has 0 saturated carbocycles. The van der Waals surface area contributed by atoms with Gasteiger partial charge in [-0.05, 0) is 29.9 Å². The Balaban J connectivity index is 2.68. The number of hydrogen-bond donors (Lipinski definition) is 2. The molecule has 0 radical (unpaired) electrons. The Morgan fingerprint density at radius 2 is 2.00 bits per heavy atom. The van der Waals surface area contributed by atoms with Crippen LogP contribution in [-0.2, 0) is 12.7 Å². The van der Waals surface area contributed by atoms with Crippen molar-refractivity contribution in [3.05, 3.63) is 40.1 Å². The van der Waals surface area contributed by atoms with Crippen LogP contribution in [-0.4, -0.2) is 18.2 Å². The van der Waals surface area contributed by atoms with E-state index in [4.69, 9.17) is 12.2 Å². The van der Waals surface area contributed by atoms with Crippen molar-refractivity contribution in [3.8, 4) is 0 Å². The Hall–Kier alpha value is -1.77. The third-order valence-electron chi connectivity index (χ3n) is 2.31. The van der Waals surface area contributed by atoms with Gasteiger partial charge in [0.15, 0.2) is 5.11 Å². The van der Waals surface area contributed by atoms with E-state index in [0.29, 0.717) is 6.07 Å². The molecular formula is C11H11F4N3OS. The molecular weight excluding hydrogens is 298 g/mol. The van der Waals surface area contributed by atoms with Gasteiger partial charge in [-0.3, -0.25) is 0 Å². The summed E-state index contributed by atoms with van der Waals surface area (Å²) < 4.78 is 51.0. The zero-order valence-corrected chi connectivity index (χ0v) is 10.9. The molecule has 0 aliphatic carbocycles. The lowest BCUT2D eigenvalue weighted by atomic mass is 10.1. The third-order valence-corrected chi connectivity index (χ3v) is 2.59. The van der Waals surface area contributed by atoms with E-state index in [1.807, 2.05) is 0 Å². The molecule has 0 aliphatic heterocycles. The van der Waals surface area contributed by atoms with Crippen LogP contribution in [0.4, 0.5) is 17.6 Å². The Morgan fingerprint density at radius 1 is 1.30 bits per heavy atom. The summed E-state index contributed by atoms with van der Waals surface area (Å²) in [6, 6.07) is 2.42. The molecule has 110 valence electrons. The van der Waals surface area contributed by atoms with E-state index in [0.717, 1.165) is 12.1 Å². The average Bonchev–Trinajstić information content (AvgIpc) is 2.36. The largest absolute Gasteiger partial charge is 0.416 e. The lowest BCUT2D eigenvalue weighted by Crippen LogP contribution is -2.36. The number of halogens is 4. The Labute approximate surface area is 117 Å². The topological polar surface area (TPSA) is 53.5 Å². The van der Waals surface area contributed by atoms with Crippen molar-refractivity contribution in [2.24, 2.45) is 5.18 Å². The van der Waals surface area contributed by atoms with Crippen molar-refractivity contribution < 1.29 is 17.6 Å². The molecule has 1 rings (SSSR count). The molecule has 0 aromatic heterocycles. The first kappa shape index (κ1) is 16.3. The summed E-state index contributed by atoms with van der Waals surface area (Å²) in [5, 5.41) is 7.82. The molecule has 20 heavy (non-hydrogen) atoms. The van der Waals surface area contributed by atoms with Gasteiger partial charge in [-0.25, -0.2) is 4.39 Å². The molecule has 0 aliphatic rings. The molecule has 9 heteroatoms. The number of nitroso groups, excluding NO2 is 1. The van der Waals surface area contributed by atoms with Crippen molar-refractivity contribution in [3.63, 3.8) is 0 Å². The van der Waals surface area contributed by atoms with Crippen LogP contribution in [0.25, 0.3) is 0 Å². The summed E-state index contributed by atoms with van der Waals surface area (Å²) >= 11 is 4.81. The molecule has 1 aromatic rings. The number of benzene rings is 1. The van der Waals surface area contributed by atoms with Gasteiger partial charge in [0, 0.05) is 13.1 Å². The molecule has 0 spiro atoms. The number of hydrogen-bond acceptors (Lipinski definition) is 3. The molecule has 1 aromatic carbocycles. The van der Waals surface area contributed by atoms with Crippen LogP contribution >= 0.6 is 12.2 Å². The molecule has 0 fully saturated rings. The average molecular weight is 309 g/mol. The van der Waals surface area contributed by atoms with Crippen LogP contribution in [0.2, 0.25) is 0 Å². The molecule has 4 nitrogen and oxygen atoms in total. The highest BCUT2D eigenvalue weighted by molar-refractivity contribution is 7.80. The van der Waals surface area contributed by atoms with Gasteiger partial charge in [-0.15, -0.1) is 0 Å². The second kappa shape index (κ2) is 7.13. The Kier molecular flexibility index (Phi) is 5.81. The van der Waals surface area contributed by atoms with Crippen LogP contribution in [0.15, 0.2) is 23.4 Å². The lowest BCUT2D eigenvalue weighted by Gasteiger charge is -2.14. The first-order valence-corrected chi connectivity index (χ1v) is 5.92. The van der Waals surface area contributed by atoms with Crippen LogP contribution in [0, 0.1) is 10.7 Å². The Bertz CT molecular complexity index is 493. The summed E-state index contributed by atoms with van der Waals surface area (Å²) in [5.41, 5.74) is -1.18. The van der Waals surface area contributed by atoms with E-state index in [-0.39, 0.29) is 30.3 Å². The first-order valence-electron chi connectivity index (χ1n) is 5.51. The number of nitrogens with zero attached hydrogens (tertiary/aromatic N) is 1. The van der Waals surface area contributed by atoms with E-state index in [1.165, 1.54) is 0 Å². The van der Waals surface area contributed by atoms with Gasteiger partial charge in [0.05, 0.1) is 12.1 Å². The quantitative estimate of drug-likeness (QED) is 0.380. The van der Waals surface area contributed by atoms with Crippen LogP contribution < -0.4 is 10.6 Å². The van der Waals surface area contributed by atoms with Gasteiger partial charge < -0.3 is 10.6 Å². The van der Waals surface area contributed by atoms with Gasteiger partial charge in [-0.1, -0.05) is 11.2 Å². The van der Waals surface area contributed by atoms with Crippen molar-refractivity contribution in [1.29, 1.82) is 0 Å². The van der Waals surface area contributed by atoms with E-state index in [2.05, 4.69) is 15.8 Å². The fourth-order valence-corrected chi connectivity index (χ4v) is 1.59. The molecule has 0 heterocycles. The maximum atomic E-state index is 12.9. The van der Waals surface area contributed by atoms with E-state index < -0.39 is 17.6 Å². The van der Waals surface area contributed by atoms with Gasteiger partial charge in [0.25, 0.3) is 0 Å². The van der Waals surface area contributed by atoms with Crippen LogP contribution in [0.5, 0.6) is 0 Å². The fraction of sp³-hybridized carbons (Fsp3) is 0.364. The fourth-order valence-electron chi connectivity index (χ4n) is 1.42. The molecule has 2 N–H and O–H groups in total. The highest BCUT2D eigenvalue weighted by Gasteiger charge is 2.33. The van der Waals surface area contributed by atoms with Crippen molar-refractivity contribution in [2.75, 3.05) is 13.1 Å². The van der Waals surface area contributed by atoms with Crippen molar-refractivity contribution in [2.45, 2.75) is 12.7 Å². The van der Waals surface area contributed by atoms with E-state index >= 15 is 0 Å². The Morgan fingerprint density at radius 3 is 2.60 bits per heavy atom. The van der Waals surface area contributed by atoms with Gasteiger partial charge >= 0.3 is 6.18 Å². The van der Waals surface area contributed by atoms with Gasteiger partial charge in [0.1, 0.15) is 5.82 Å². The van der Waals surface area contributed by atoms with Crippen LogP contribution in [0.3, 0.4) is 0 Å². The van der Waals surface area contributed by atoms with Gasteiger partial charge in [-0.2, -0.15) is 18.1 Å². The zero-order chi connectivity index (χ0) is 15.2. The summed E-state index contributed by atoms with van der Waals surface area (Å²) in [5.74, 6) is -0.959. The monoisotopic (exact) mass is 309 g/mol. The summed E-state index contributed by atoms with van der Waals surface area (Å²) in [6.45, 7) is -0.0352. The first-order chi connectivity index (χ1) is 9.34. The number of alkyl halides is 3. The minimum Gasteiger partial charge on any atom is -0.361 e. The lowest BCUT2D eigenvalue weighted by molar-refractivity contribution is -0.138. The molecule has 0 amide bonds. The second-order valence-corrected chi connectivity index (χ2v) is 4.17. The molecule has 0 unspecified atom stereocenters.